The lowest BCUT2D eigenvalue weighted by molar-refractivity contribution is 0.0982. The van der Waals surface area contributed by atoms with Crippen LogP contribution in [0.2, 0.25) is 0 Å². The van der Waals surface area contributed by atoms with Gasteiger partial charge in [-0.2, -0.15) is 0 Å². The standard InChI is InChI=1S/C24H21NO3/c1-28-21-13-14-22-20(16-21)8-5-15-25(22)24(27)19-11-9-18(10-12-19)23(26)17-6-3-2-4-7-17/h2-4,6-7,9-14,16H,5,8,15H2,1H3. The van der Waals surface area contributed by atoms with Gasteiger partial charge in [0.2, 0.25) is 0 Å². The fourth-order valence-corrected chi connectivity index (χ4v) is 3.59. The van der Waals surface area contributed by atoms with Crippen molar-refractivity contribution in [1.82, 2.24) is 0 Å². The minimum Gasteiger partial charge on any atom is -0.497 e. The van der Waals surface area contributed by atoms with Crippen molar-refractivity contribution in [3.05, 3.63) is 95.1 Å². The number of hydrogen-bond donors (Lipinski definition) is 0. The normalized spacial score (nSPS) is 13.0. The fraction of sp³-hybridized carbons (Fsp3) is 0.167. The van der Waals surface area contributed by atoms with Crippen LogP contribution in [0.25, 0.3) is 0 Å². The molecule has 0 radical (unpaired) electrons. The summed E-state index contributed by atoms with van der Waals surface area (Å²) in [6.07, 6.45) is 1.84. The molecule has 0 bridgehead atoms. The van der Waals surface area contributed by atoms with Crippen molar-refractivity contribution in [1.29, 1.82) is 0 Å². The molecule has 0 aromatic heterocycles. The quantitative estimate of drug-likeness (QED) is 0.634. The SMILES string of the molecule is COc1ccc2c(c1)CCCN2C(=O)c1ccc(C(=O)c2ccccc2)cc1. The Hall–Kier alpha value is -3.40. The number of carbonyl (C=O) groups excluding carboxylic acids is 2. The Morgan fingerprint density at radius 3 is 2.25 bits per heavy atom. The third kappa shape index (κ3) is 3.41. The third-order valence-electron chi connectivity index (χ3n) is 5.08. The van der Waals surface area contributed by atoms with Gasteiger partial charge in [0.05, 0.1) is 7.11 Å². The van der Waals surface area contributed by atoms with Crippen molar-refractivity contribution in [3.8, 4) is 5.75 Å². The first kappa shape index (κ1) is 18.0. The molecule has 0 aliphatic carbocycles. The summed E-state index contributed by atoms with van der Waals surface area (Å²) >= 11 is 0. The van der Waals surface area contributed by atoms with Crippen molar-refractivity contribution in [2.45, 2.75) is 12.8 Å². The van der Waals surface area contributed by atoms with E-state index in [2.05, 4.69) is 0 Å². The highest BCUT2D eigenvalue weighted by Crippen LogP contribution is 2.31. The number of anilines is 1. The monoisotopic (exact) mass is 371 g/mol. The molecule has 0 spiro atoms. The van der Waals surface area contributed by atoms with Crippen molar-refractivity contribution < 1.29 is 14.3 Å². The molecule has 28 heavy (non-hydrogen) atoms. The van der Waals surface area contributed by atoms with E-state index in [1.54, 1.807) is 43.5 Å². The maximum absolute atomic E-state index is 13.1. The number of methoxy groups -OCH3 is 1. The van der Waals surface area contributed by atoms with Crippen LogP contribution >= 0.6 is 0 Å². The number of hydrogen-bond acceptors (Lipinski definition) is 3. The van der Waals surface area contributed by atoms with Gasteiger partial charge < -0.3 is 9.64 Å². The molecular formula is C24H21NO3. The lowest BCUT2D eigenvalue weighted by atomic mass is 9.99. The number of ketones is 1. The molecule has 1 aliphatic heterocycles. The summed E-state index contributed by atoms with van der Waals surface area (Å²) in [5, 5.41) is 0. The molecule has 3 aromatic carbocycles. The van der Waals surface area contributed by atoms with Crippen LogP contribution in [0.4, 0.5) is 5.69 Å². The topological polar surface area (TPSA) is 46.6 Å². The Morgan fingerprint density at radius 2 is 1.54 bits per heavy atom. The Bertz CT molecular complexity index is 1010. The summed E-state index contributed by atoms with van der Waals surface area (Å²) in [5.41, 5.74) is 3.84. The molecule has 0 fully saturated rings. The van der Waals surface area contributed by atoms with E-state index in [9.17, 15) is 9.59 Å². The van der Waals surface area contributed by atoms with Crippen molar-refractivity contribution in [2.24, 2.45) is 0 Å². The molecule has 4 rings (SSSR count). The second kappa shape index (κ2) is 7.69. The van der Waals surface area contributed by atoms with E-state index in [-0.39, 0.29) is 11.7 Å². The van der Waals surface area contributed by atoms with Crippen LogP contribution in [0, 0.1) is 0 Å². The molecule has 140 valence electrons. The minimum atomic E-state index is -0.0511. The van der Waals surface area contributed by atoms with E-state index < -0.39 is 0 Å². The third-order valence-corrected chi connectivity index (χ3v) is 5.08. The second-order valence-electron chi connectivity index (χ2n) is 6.83. The van der Waals surface area contributed by atoms with E-state index >= 15 is 0 Å². The van der Waals surface area contributed by atoms with Crippen LogP contribution in [-0.2, 0) is 6.42 Å². The first-order valence-corrected chi connectivity index (χ1v) is 9.36. The first-order chi connectivity index (χ1) is 13.7. The van der Waals surface area contributed by atoms with Crippen molar-refractivity contribution in [2.75, 3.05) is 18.6 Å². The highest BCUT2D eigenvalue weighted by molar-refractivity contribution is 6.10. The van der Waals surface area contributed by atoms with Gasteiger partial charge >= 0.3 is 0 Å². The molecular weight excluding hydrogens is 350 g/mol. The van der Waals surface area contributed by atoms with Gasteiger partial charge in [-0.25, -0.2) is 0 Å². The van der Waals surface area contributed by atoms with Gasteiger partial charge in [-0.15, -0.1) is 0 Å². The van der Waals surface area contributed by atoms with Gasteiger partial charge in [-0.1, -0.05) is 42.5 Å². The number of aryl methyl sites for hydroxylation is 1. The molecule has 1 aliphatic rings. The summed E-state index contributed by atoms with van der Waals surface area (Å²) in [7, 11) is 1.64. The lowest BCUT2D eigenvalue weighted by Crippen LogP contribution is -2.35. The van der Waals surface area contributed by atoms with Gasteiger partial charge in [0, 0.05) is 28.9 Å². The number of fused-ring (bicyclic) bond motifs is 1. The minimum absolute atomic E-state index is 0.0463. The second-order valence-corrected chi connectivity index (χ2v) is 6.83. The number of amides is 1. The lowest BCUT2D eigenvalue weighted by Gasteiger charge is -2.30. The van der Waals surface area contributed by atoms with Crippen molar-refractivity contribution >= 4 is 17.4 Å². The van der Waals surface area contributed by atoms with Gasteiger partial charge in [0.15, 0.2) is 5.78 Å². The number of ether oxygens (including phenoxy) is 1. The van der Waals surface area contributed by atoms with Crippen LogP contribution < -0.4 is 9.64 Å². The molecule has 4 heteroatoms. The zero-order valence-electron chi connectivity index (χ0n) is 15.7. The Balaban J connectivity index is 1.57. The van der Waals surface area contributed by atoms with Crippen LogP contribution in [0.5, 0.6) is 5.75 Å². The maximum atomic E-state index is 13.1. The Labute approximate surface area is 164 Å². The molecule has 0 unspecified atom stereocenters. The Morgan fingerprint density at radius 1 is 0.857 bits per heavy atom. The zero-order chi connectivity index (χ0) is 19.5. The van der Waals surface area contributed by atoms with E-state index in [4.69, 9.17) is 4.74 Å². The largest absolute Gasteiger partial charge is 0.497 e. The van der Waals surface area contributed by atoms with Crippen LogP contribution in [0.15, 0.2) is 72.8 Å². The van der Waals surface area contributed by atoms with Crippen LogP contribution in [0.1, 0.15) is 38.3 Å². The number of rotatable bonds is 4. The summed E-state index contributed by atoms with van der Waals surface area (Å²) in [6.45, 7) is 0.683. The molecule has 1 amide bonds. The van der Waals surface area contributed by atoms with Gasteiger partial charge in [-0.05, 0) is 48.7 Å². The molecule has 0 saturated heterocycles. The highest BCUT2D eigenvalue weighted by atomic mass is 16.5. The fourth-order valence-electron chi connectivity index (χ4n) is 3.59. The number of benzene rings is 3. The van der Waals surface area contributed by atoms with Gasteiger partial charge in [0.1, 0.15) is 5.75 Å². The molecule has 4 nitrogen and oxygen atoms in total. The molecule has 1 heterocycles. The predicted octanol–water partition coefficient (Wildman–Crippen LogP) is 4.52. The molecule has 0 atom stereocenters. The first-order valence-electron chi connectivity index (χ1n) is 9.36. The number of carbonyl (C=O) groups is 2. The molecule has 0 saturated carbocycles. The average molecular weight is 371 g/mol. The van der Waals surface area contributed by atoms with Crippen molar-refractivity contribution in [3.63, 3.8) is 0 Å². The van der Waals surface area contributed by atoms with Crippen LogP contribution in [-0.4, -0.2) is 25.3 Å². The van der Waals surface area contributed by atoms with E-state index in [1.165, 1.54) is 0 Å². The summed E-state index contributed by atoms with van der Waals surface area (Å²) in [6, 6.07) is 21.9. The molecule has 3 aromatic rings. The Kier molecular flexibility index (Phi) is 4.94. The van der Waals surface area contributed by atoms with Crippen LogP contribution in [0.3, 0.4) is 0 Å². The predicted molar refractivity (Wildman–Crippen MR) is 109 cm³/mol. The summed E-state index contributed by atoms with van der Waals surface area (Å²) in [4.78, 5) is 27.4. The van der Waals surface area contributed by atoms with E-state index in [0.29, 0.717) is 23.2 Å². The highest BCUT2D eigenvalue weighted by Gasteiger charge is 2.24. The summed E-state index contributed by atoms with van der Waals surface area (Å²) < 4.78 is 5.30. The maximum Gasteiger partial charge on any atom is 0.258 e. The van der Waals surface area contributed by atoms with E-state index in [0.717, 1.165) is 29.8 Å². The smallest absolute Gasteiger partial charge is 0.258 e. The van der Waals surface area contributed by atoms with Gasteiger partial charge in [-0.3, -0.25) is 9.59 Å². The molecule has 0 N–H and O–H groups in total. The zero-order valence-corrected chi connectivity index (χ0v) is 15.7. The summed E-state index contributed by atoms with van der Waals surface area (Å²) in [5.74, 6) is 0.705. The van der Waals surface area contributed by atoms with Gasteiger partial charge in [0.25, 0.3) is 5.91 Å². The number of nitrogens with zero attached hydrogens (tertiary/aromatic N) is 1. The average Bonchev–Trinajstić information content (AvgIpc) is 2.78. The van der Waals surface area contributed by atoms with E-state index in [1.807, 2.05) is 41.3 Å².